The molecule has 122 valence electrons. The fraction of sp³-hybridized carbons (Fsp3) is 0.333. The Morgan fingerprint density at radius 2 is 1.52 bits per heavy atom. The van der Waals surface area contributed by atoms with Crippen LogP contribution in [0.5, 0.6) is 0 Å². The third-order valence-electron chi connectivity index (χ3n) is 4.27. The topological polar surface area (TPSA) is 41.5 Å². The average Bonchev–Trinajstić information content (AvgIpc) is 2.52. The minimum atomic E-state index is -0.624. The predicted molar refractivity (Wildman–Crippen MR) is 83.0 cm³/mol. The van der Waals surface area contributed by atoms with Crippen LogP contribution in [0.25, 0.3) is 0 Å². The molecule has 1 heterocycles. The molecule has 0 amide bonds. The largest absolute Gasteiger partial charge is 0.396 e. The van der Waals surface area contributed by atoms with Crippen molar-refractivity contribution in [2.45, 2.75) is 6.04 Å². The van der Waals surface area contributed by atoms with Gasteiger partial charge in [0, 0.05) is 17.7 Å². The molecular weight excluding hydrogens is 300 g/mol. The van der Waals surface area contributed by atoms with Crippen LogP contribution in [0.1, 0.15) is 17.2 Å². The maximum Gasteiger partial charge on any atom is 0.128 e. The van der Waals surface area contributed by atoms with Crippen molar-refractivity contribution in [1.82, 2.24) is 5.32 Å². The van der Waals surface area contributed by atoms with Crippen molar-refractivity contribution >= 4 is 0 Å². The molecule has 3 rings (SSSR count). The van der Waals surface area contributed by atoms with Gasteiger partial charge in [0.25, 0.3) is 0 Å². The lowest BCUT2D eigenvalue weighted by atomic mass is 9.86. The quantitative estimate of drug-likeness (QED) is 0.860. The monoisotopic (exact) mass is 319 g/mol. The maximum atomic E-state index is 14.2. The van der Waals surface area contributed by atoms with Gasteiger partial charge >= 0.3 is 0 Å². The molecular formula is C18H19F2NO2. The summed E-state index contributed by atoms with van der Waals surface area (Å²) in [4.78, 5) is 0. The summed E-state index contributed by atoms with van der Waals surface area (Å²) in [6.45, 7) is 1.27. The Kier molecular flexibility index (Phi) is 4.71. The molecule has 0 aliphatic carbocycles. The highest BCUT2D eigenvalue weighted by Gasteiger charge is 2.38. The van der Waals surface area contributed by atoms with Gasteiger partial charge in [0.05, 0.1) is 31.3 Å². The summed E-state index contributed by atoms with van der Waals surface area (Å²) in [5, 5.41) is 12.7. The molecule has 2 N–H and O–H groups in total. The fourth-order valence-corrected chi connectivity index (χ4v) is 2.76. The van der Waals surface area contributed by atoms with Crippen molar-refractivity contribution in [3.63, 3.8) is 0 Å². The van der Waals surface area contributed by atoms with Crippen molar-refractivity contribution in [1.29, 1.82) is 0 Å². The van der Waals surface area contributed by atoms with Crippen LogP contribution < -0.4 is 5.32 Å². The molecule has 1 saturated heterocycles. The molecule has 0 atom stereocenters. The first-order valence-electron chi connectivity index (χ1n) is 7.56. The highest BCUT2D eigenvalue weighted by atomic mass is 19.1. The average molecular weight is 319 g/mol. The number of hydrogen-bond donors (Lipinski definition) is 2. The van der Waals surface area contributed by atoms with Gasteiger partial charge in [0.1, 0.15) is 11.6 Å². The molecule has 0 bridgehead atoms. The van der Waals surface area contributed by atoms with E-state index in [2.05, 4.69) is 5.32 Å². The van der Waals surface area contributed by atoms with Gasteiger partial charge in [0.15, 0.2) is 0 Å². The molecule has 1 aliphatic heterocycles. The number of benzene rings is 2. The first-order chi connectivity index (χ1) is 11.2. The summed E-state index contributed by atoms with van der Waals surface area (Å²) >= 11 is 0. The number of rotatable bonds is 6. The molecule has 0 saturated carbocycles. The molecule has 1 fully saturated rings. The van der Waals surface area contributed by atoms with Crippen molar-refractivity contribution in [2.24, 2.45) is 5.41 Å². The Balaban J connectivity index is 1.91. The Morgan fingerprint density at radius 1 is 1.00 bits per heavy atom. The van der Waals surface area contributed by atoms with E-state index in [0.717, 1.165) is 0 Å². The summed E-state index contributed by atoms with van der Waals surface area (Å²) in [5.74, 6) is -0.785. The molecule has 1 aliphatic rings. The van der Waals surface area contributed by atoms with E-state index in [9.17, 15) is 13.9 Å². The van der Waals surface area contributed by atoms with E-state index >= 15 is 0 Å². The van der Waals surface area contributed by atoms with Gasteiger partial charge < -0.3 is 15.2 Å². The van der Waals surface area contributed by atoms with Crippen molar-refractivity contribution < 1.29 is 18.6 Å². The molecule has 3 nitrogen and oxygen atoms in total. The van der Waals surface area contributed by atoms with Crippen molar-refractivity contribution in [2.75, 3.05) is 26.4 Å². The van der Waals surface area contributed by atoms with Crippen molar-refractivity contribution in [3.8, 4) is 0 Å². The lowest BCUT2D eigenvalue weighted by molar-refractivity contribution is -0.134. The van der Waals surface area contributed by atoms with Gasteiger partial charge in [-0.15, -0.1) is 0 Å². The Bertz CT molecular complexity index is 623. The molecule has 0 spiro atoms. The van der Waals surface area contributed by atoms with E-state index in [4.69, 9.17) is 4.74 Å². The zero-order valence-electron chi connectivity index (χ0n) is 12.6. The zero-order valence-corrected chi connectivity index (χ0v) is 12.6. The Labute approximate surface area is 133 Å². The van der Waals surface area contributed by atoms with Crippen LogP contribution in [0.3, 0.4) is 0 Å². The predicted octanol–water partition coefficient (Wildman–Crippen LogP) is 2.65. The van der Waals surface area contributed by atoms with Crippen LogP contribution in [0.15, 0.2) is 48.5 Å². The molecule has 0 radical (unpaired) electrons. The van der Waals surface area contributed by atoms with Crippen LogP contribution >= 0.6 is 0 Å². The molecule has 23 heavy (non-hydrogen) atoms. The van der Waals surface area contributed by atoms with E-state index in [0.29, 0.717) is 30.9 Å². The number of aliphatic hydroxyl groups is 1. The molecule has 0 unspecified atom stereocenters. The minimum Gasteiger partial charge on any atom is -0.396 e. The lowest BCUT2D eigenvalue weighted by Gasteiger charge is -2.41. The Hall–Kier alpha value is -1.82. The minimum absolute atomic E-state index is 0.0265. The normalized spacial score (nSPS) is 16.3. The highest BCUT2D eigenvalue weighted by molar-refractivity contribution is 5.33. The van der Waals surface area contributed by atoms with Gasteiger partial charge in [-0.25, -0.2) is 8.78 Å². The SMILES string of the molecule is OCC1(CNC(c2ccccc2F)c2ccccc2F)COC1. The number of aliphatic hydroxyl groups excluding tert-OH is 1. The standard InChI is InChI=1S/C18H19F2NO2/c19-15-7-3-1-5-13(15)17(14-6-2-4-8-16(14)20)21-9-18(10-22)11-23-12-18/h1-8,17,21-22H,9-12H2. The smallest absolute Gasteiger partial charge is 0.128 e. The van der Waals surface area contributed by atoms with Gasteiger partial charge in [-0.3, -0.25) is 0 Å². The van der Waals surface area contributed by atoms with E-state index in [1.54, 1.807) is 36.4 Å². The lowest BCUT2D eigenvalue weighted by Crippen LogP contribution is -2.52. The summed E-state index contributed by atoms with van der Waals surface area (Å²) in [7, 11) is 0. The third-order valence-corrected chi connectivity index (χ3v) is 4.27. The number of nitrogens with one attached hydrogen (secondary N) is 1. The van der Waals surface area contributed by atoms with E-state index in [-0.39, 0.29) is 12.0 Å². The van der Waals surface area contributed by atoms with Gasteiger partial charge in [-0.05, 0) is 12.1 Å². The summed E-state index contributed by atoms with van der Waals surface area (Å²) in [6.07, 6.45) is 0. The summed E-state index contributed by atoms with van der Waals surface area (Å²) in [5.41, 5.74) is 0.381. The number of halogens is 2. The van der Waals surface area contributed by atoms with Crippen molar-refractivity contribution in [3.05, 3.63) is 71.3 Å². The summed E-state index contributed by atoms with van der Waals surface area (Å²) in [6, 6.07) is 12.0. The van der Waals surface area contributed by atoms with Crippen LogP contribution in [-0.2, 0) is 4.74 Å². The van der Waals surface area contributed by atoms with Crippen LogP contribution in [0.2, 0.25) is 0 Å². The second-order valence-corrected chi connectivity index (χ2v) is 6.01. The van der Waals surface area contributed by atoms with E-state index in [1.165, 1.54) is 12.1 Å². The van der Waals surface area contributed by atoms with Crippen LogP contribution in [0.4, 0.5) is 8.78 Å². The highest BCUT2D eigenvalue weighted by Crippen LogP contribution is 2.30. The van der Waals surface area contributed by atoms with Gasteiger partial charge in [-0.2, -0.15) is 0 Å². The second-order valence-electron chi connectivity index (χ2n) is 6.01. The zero-order chi connectivity index (χ0) is 16.3. The second kappa shape index (κ2) is 6.74. The van der Waals surface area contributed by atoms with Gasteiger partial charge in [-0.1, -0.05) is 36.4 Å². The first-order valence-corrected chi connectivity index (χ1v) is 7.56. The van der Waals surface area contributed by atoms with Gasteiger partial charge in [0.2, 0.25) is 0 Å². The number of ether oxygens (including phenoxy) is 1. The van der Waals surface area contributed by atoms with E-state index < -0.39 is 17.7 Å². The van der Waals surface area contributed by atoms with Crippen LogP contribution in [0, 0.1) is 17.0 Å². The molecule has 2 aromatic carbocycles. The Morgan fingerprint density at radius 3 is 1.91 bits per heavy atom. The van der Waals surface area contributed by atoms with E-state index in [1.807, 2.05) is 0 Å². The third kappa shape index (κ3) is 3.27. The molecule has 5 heteroatoms. The first kappa shape index (κ1) is 16.1. The van der Waals surface area contributed by atoms with Crippen LogP contribution in [-0.4, -0.2) is 31.5 Å². The molecule has 0 aromatic heterocycles. The summed E-state index contributed by atoms with van der Waals surface area (Å²) < 4.78 is 33.6. The fourth-order valence-electron chi connectivity index (χ4n) is 2.76. The number of hydrogen-bond acceptors (Lipinski definition) is 3. The maximum absolute atomic E-state index is 14.2. The molecule has 2 aromatic rings.